The van der Waals surface area contributed by atoms with Crippen LogP contribution in [0.4, 0.5) is 0 Å². The molecule has 7 atom stereocenters. The normalized spacial score (nSPS) is 53.8. The first-order chi connectivity index (χ1) is 9.59. The van der Waals surface area contributed by atoms with Crippen LogP contribution in [0.1, 0.15) is 45.4 Å². The molecule has 3 saturated carbocycles. The molecular weight excluding hydrogens is 248 g/mol. The Balaban J connectivity index is 1.62. The fourth-order valence-electron chi connectivity index (χ4n) is 6.04. The standard InChI is InChI=1S/C18H26O2/c1-18-9-8-14-13-5-3-12(19)10-11(13)2-4-15(14)16(18)6-7-17(18)20/h3,5,10-11,13-17,19-20H,2,4,6-9H2,1H3. The van der Waals surface area contributed by atoms with Crippen LogP contribution in [0.3, 0.4) is 0 Å². The summed E-state index contributed by atoms with van der Waals surface area (Å²) in [5.41, 5.74) is 0.185. The molecular formula is C18H26O2. The van der Waals surface area contributed by atoms with Crippen LogP contribution in [-0.4, -0.2) is 16.3 Å². The maximum absolute atomic E-state index is 10.4. The van der Waals surface area contributed by atoms with Gasteiger partial charge in [0.2, 0.25) is 0 Å². The number of rotatable bonds is 0. The molecule has 0 amide bonds. The predicted molar refractivity (Wildman–Crippen MR) is 79.1 cm³/mol. The van der Waals surface area contributed by atoms with E-state index in [2.05, 4.69) is 19.1 Å². The van der Waals surface area contributed by atoms with Gasteiger partial charge in [-0.1, -0.05) is 13.0 Å². The Morgan fingerprint density at radius 1 is 1.10 bits per heavy atom. The zero-order valence-electron chi connectivity index (χ0n) is 12.3. The van der Waals surface area contributed by atoms with E-state index in [1.54, 1.807) is 0 Å². The number of aliphatic hydroxyl groups excluding tert-OH is 2. The lowest BCUT2D eigenvalue weighted by Gasteiger charge is -2.53. The zero-order valence-corrected chi connectivity index (χ0v) is 12.3. The van der Waals surface area contributed by atoms with E-state index >= 15 is 0 Å². The number of fused-ring (bicyclic) bond motifs is 5. The molecule has 0 spiro atoms. The van der Waals surface area contributed by atoms with Gasteiger partial charge in [-0.25, -0.2) is 0 Å². The quantitative estimate of drug-likeness (QED) is 0.705. The molecule has 2 N–H and O–H groups in total. The Morgan fingerprint density at radius 2 is 1.95 bits per heavy atom. The molecule has 0 aromatic heterocycles. The average molecular weight is 274 g/mol. The zero-order chi connectivity index (χ0) is 13.9. The fraction of sp³-hybridized carbons (Fsp3) is 0.778. The lowest BCUT2D eigenvalue weighted by atomic mass is 9.52. The van der Waals surface area contributed by atoms with Gasteiger partial charge >= 0.3 is 0 Å². The van der Waals surface area contributed by atoms with Gasteiger partial charge in [-0.3, -0.25) is 0 Å². The lowest BCUT2D eigenvalue weighted by Crippen LogP contribution is -2.48. The van der Waals surface area contributed by atoms with Crippen molar-refractivity contribution in [3.63, 3.8) is 0 Å². The Hall–Kier alpha value is -0.760. The Kier molecular flexibility index (Phi) is 2.82. The molecule has 4 rings (SSSR count). The van der Waals surface area contributed by atoms with Crippen molar-refractivity contribution in [2.75, 3.05) is 0 Å². The maximum atomic E-state index is 10.4. The predicted octanol–water partition coefficient (Wildman–Crippen LogP) is 3.83. The van der Waals surface area contributed by atoms with E-state index in [1.165, 1.54) is 32.1 Å². The number of aliphatic hydroxyl groups is 2. The summed E-state index contributed by atoms with van der Waals surface area (Å²) in [5, 5.41) is 20.1. The van der Waals surface area contributed by atoms with E-state index in [4.69, 9.17) is 0 Å². The third kappa shape index (κ3) is 1.67. The summed E-state index contributed by atoms with van der Waals surface area (Å²) in [7, 11) is 0. The molecule has 7 unspecified atom stereocenters. The minimum Gasteiger partial charge on any atom is -0.508 e. The fourth-order valence-corrected chi connectivity index (χ4v) is 6.04. The molecule has 0 heterocycles. The molecule has 3 fully saturated rings. The van der Waals surface area contributed by atoms with Gasteiger partial charge in [-0.15, -0.1) is 0 Å². The average Bonchev–Trinajstić information content (AvgIpc) is 2.74. The second-order valence-electron chi connectivity index (χ2n) is 7.84. The van der Waals surface area contributed by atoms with Gasteiger partial charge < -0.3 is 10.2 Å². The van der Waals surface area contributed by atoms with Gasteiger partial charge in [-0.05, 0) is 85.7 Å². The molecule has 4 aliphatic rings. The van der Waals surface area contributed by atoms with Crippen molar-refractivity contribution in [2.24, 2.45) is 35.0 Å². The maximum Gasteiger partial charge on any atom is 0.111 e. The highest BCUT2D eigenvalue weighted by atomic mass is 16.3. The summed E-state index contributed by atoms with van der Waals surface area (Å²) in [4.78, 5) is 0. The van der Waals surface area contributed by atoms with Gasteiger partial charge in [0.05, 0.1) is 6.10 Å². The Bertz CT molecular complexity index is 466. The largest absolute Gasteiger partial charge is 0.508 e. The number of hydrogen-bond donors (Lipinski definition) is 2. The first-order valence-corrected chi connectivity index (χ1v) is 8.36. The molecule has 0 aliphatic heterocycles. The molecule has 0 aromatic carbocycles. The van der Waals surface area contributed by atoms with Crippen LogP contribution >= 0.6 is 0 Å². The molecule has 0 saturated heterocycles. The molecule has 4 aliphatic carbocycles. The van der Waals surface area contributed by atoms with E-state index < -0.39 is 0 Å². The van der Waals surface area contributed by atoms with E-state index in [-0.39, 0.29) is 11.5 Å². The van der Waals surface area contributed by atoms with Crippen molar-refractivity contribution >= 4 is 0 Å². The number of hydrogen-bond acceptors (Lipinski definition) is 2. The van der Waals surface area contributed by atoms with Crippen LogP contribution in [0.15, 0.2) is 24.0 Å². The molecule has 0 bridgehead atoms. The summed E-state index contributed by atoms with van der Waals surface area (Å²) in [6.45, 7) is 2.33. The molecule has 110 valence electrons. The number of allylic oxidation sites excluding steroid dienone is 3. The second kappa shape index (κ2) is 4.37. The van der Waals surface area contributed by atoms with Crippen molar-refractivity contribution < 1.29 is 10.2 Å². The van der Waals surface area contributed by atoms with Crippen LogP contribution in [0.25, 0.3) is 0 Å². The molecule has 0 aromatic rings. The topological polar surface area (TPSA) is 40.5 Å². The van der Waals surface area contributed by atoms with E-state index in [0.717, 1.165) is 24.2 Å². The highest BCUT2D eigenvalue weighted by Crippen LogP contribution is 2.61. The first-order valence-electron chi connectivity index (χ1n) is 8.36. The van der Waals surface area contributed by atoms with Crippen LogP contribution in [0, 0.1) is 35.0 Å². The highest BCUT2D eigenvalue weighted by molar-refractivity contribution is 5.22. The van der Waals surface area contributed by atoms with Crippen molar-refractivity contribution in [2.45, 2.75) is 51.6 Å². The third-order valence-electron chi connectivity index (χ3n) is 7.14. The van der Waals surface area contributed by atoms with E-state index in [1.807, 2.05) is 6.08 Å². The summed E-state index contributed by atoms with van der Waals surface area (Å²) < 4.78 is 0. The van der Waals surface area contributed by atoms with Crippen molar-refractivity contribution in [3.8, 4) is 0 Å². The van der Waals surface area contributed by atoms with Crippen molar-refractivity contribution in [3.05, 3.63) is 24.0 Å². The van der Waals surface area contributed by atoms with Crippen LogP contribution in [0.5, 0.6) is 0 Å². The highest BCUT2D eigenvalue weighted by Gasteiger charge is 2.55. The van der Waals surface area contributed by atoms with Crippen LogP contribution in [0.2, 0.25) is 0 Å². The minimum absolute atomic E-state index is 0.0722. The summed E-state index contributed by atoms with van der Waals surface area (Å²) in [6, 6.07) is 0. The van der Waals surface area contributed by atoms with Gasteiger partial charge in [0.1, 0.15) is 5.76 Å². The summed E-state index contributed by atoms with van der Waals surface area (Å²) in [5.74, 6) is 3.94. The molecule has 0 radical (unpaired) electrons. The third-order valence-corrected chi connectivity index (χ3v) is 7.14. The SMILES string of the molecule is CC12CCC3C4C=CC(O)=CC4CCC3C1CCC2O. The van der Waals surface area contributed by atoms with Crippen LogP contribution in [-0.2, 0) is 0 Å². The summed E-state index contributed by atoms with van der Waals surface area (Å²) in [6.07, 6.45) is 13.4. The van der Waals surface area contributed by atoms with Gasteiger partial charge in [0.25, 0.3) is 0 Å². The molecule has 20 heavy (non-hydrogen) atoms. The van der Waals surface area contributed by atoms with Crippen molar-refractivity contribution in [1.29, 1.82) is 0 Å². The van der Waals surface area contributed by atoms with Gasteiger partial charge in [0.15, 0.2) is 0 Å². The Morgan fingerprint density at radius 3 is 2.80 bits per heavy atom. The van der Waals surface area contributed by atoms with E-state index in [9.17, 15) is 10.2 Å². The minimum atomic E-state index is -0.0722. The Labute approximate surface area is 121 Å². The van der Waals surface area contributed by atoms with E-state index in [0.29, 0.717) is 17.6 Å². The lowest BCUT2D eigenvalue weighted by molar-refractivity contribution is -0.0615. The molecule has 2 nitrogen and oxygen atoms in total. The van der Waals surface area contributed by atoms with Gasteiger partial charge in [0, 0.05) is 0 Å². The van der Waals surface area contributed by atoms with Crippen molar-refractivity contribution in [1.82, 2.24) is 0 Å². The smallest absolute Gasteiger partial charge is 0.111 e. The summed E-state index contributed by atoms with van der Waals surface area (Å²) >= 11 is 0. The van der Waals surface area contributed by atoms with Gasteiger partial charge in [-0.2, -0.15) is 0 Å². The first kappa shape index (κ1) is 12.9. The monoisotopic (exact) mass is 274 g/mol. The second-order valence-corrected chi connectivity index (χ2v) is 7.84. The van der Waals surface area contributed by atoms with Crippen LogP contribution < -0.4 is 0 Å². The molecule has 2 heteroatoms.